The molecule has 0 aliphatic carbocycles. The first-order chi connectivity index (χ1) is 7.45. The van der Waals surface area contributed by atoms with Gasteiger partial charge in [-0.1, -0.05) is 11.6 Å². The maximum Gasteiger partial charge on any atom is 0.241 e. The molecule has 1 atom stereocenters. The minimum absolute atomic E-state index is 0. The zero-order chi connectivity index (χ0) is 12.3. The van der Waals surface area contributed by atoms with Gasteiger partial charge in [0, 0.05) is 11.1 Å². The smallest absolute Gasteiger partial charge is 0.241 e. The van der Waals surface area contributed by atoms with E-state index in [0.29, 0.717) is 16.5 Å². The summed E-state index contributed by atoms with van der Waals surface area (Å²) in [5, 5.41) is 3.27. The minimum atomic E-state index is -0.569. The second-order valence-electron chi connectivity index (χ2n) is 3.58. The number of nitrogens with two attached hydrogens (primary N) is 1. The highest BCUT2D eigenvalue weighted by atomic mass is 35.5. The first kappa shape index (κ1) is 16.0. The van der Waals surface area contributed by atoms with Crippen LogP contribution in [0.25, 0.3) is 0 Å². The Labute approximate surface area is 112 Å². The average molecular weight is 279 g/mol. The number of rotatable bonds is 3. The first-order valence-corrected chi connectivity index (χ1v) is 5.24. The highest BCUT2D eigenvalue weighted by molar-refractivity contribution is 6.31. The fourth-order valence-electron chi connectivity index (χ4n) is 1.18. The SMILES string of the molecule is COc1cc(Cl)c(C)cc1NC(=O)C(C)N.Cl. The van der Waals surface area contributed by atoms with Crippen LogP contribution in [0.15, 0.2) is 12.1 Å². The molecule has 1 rings (SSSR count). The standard InChI is InChI=1S/C11H15ClN2O2.ClH/c1-6-4-9(14-11(15)7(2)13)10(16-3)5-8(6)12;/h4-5,7H,13H2,1-3H3,(H,14,15);1H. The Bertz CT molecular complexity index is 409. The molecule has 0 aliphatic rings. The van der Waals surface area contributed by atoms with Gasteiger partial charge in [0.2, 0.25) is 5.91 Å². The van der Waals surface area contributed by atoms with Crippen LogP contribution < -0.4 is 15.8 Å². The maximum atomic E-state index is 11.5. The van der Waals surface area contributed by atoms with Crippen molar-refractivity contribution in [2.24, 2.45) is 5.73 Å². The molecule has 0 aliphatic heterocycles. The largest absolute Gasteiger partial charge is 0.495 e. The van der Waals surface area contributed by atoms with Gasteiger partial charge >= 0.3 is 0 Å². The van der Waals surface area contributed by atoms with E-state index >= 15 is 0 Å². The van der Waals surface area contributed by atoms with Gasteiger partial charge in [-0.15, -0.1) is 12.4 Å². The van der Waals surface area contributed by atoms with E-state index in [1.807, 2.05) is 6.92 Å². The van der Waals surface area contributed by atoms with Crippen molar-refractivity contribution in [3.63, 3.8) is 0 Å². The third-order valence-electron chi connectivity index (χ3n) is 2.15. The molecule has 0 heterocycles. The van der Waals surface area contributed by atoms with Crippen LogP contribution >= 0.6 is 24.0 Å². The van der Waals surface area contributed by atoms with Crippen LogP contribution in [0.5, 0.6) is 5.75 Å². The third kappa shape index (κ3) is 4.07. The summed E-state index contributed by atoms with van der Waals surface area (Å²) in [6.07, 6.45) is 0. The molecule has 0 saturated heterocycles. The molecule has 0 saturated carbocycles. The van der Waals surface area contributed by atoms with Gasteiger partial charge in [0.1, 0.15) is 5.75 Å². The predicted octanol–water partition coefficient (Wildman–Crippen LogP) is 2.36. The maximum absolute atomic E-state index is 11.5. The molecule has 1 amide bonds. The molecule has 0 aromatic heterocycles. The number of ether oxygens (including phenoxy) is 1. The van der Waals surface area contributed by atoms with Crippen molar-refractivity contribution in [2.45, 2.75) is 19.9 Å². The molecule has 0 spiro atoms. The highest BCUT2D eigenvalue weighted by Crippen LogP contribution is 2.30. The van der Waals surface area contributed by atoms with Gasteiger partial charge in [-0.25, -0.2) is 0 Å². The van der Waals surface area contributed by atoms with E-state index in [4.69, 9.17) is 22.1 Å². The Balaban J connectivity index is 0.00000256. The van der Waals surface area contributed by atoms with Crippen LogP contribution in [0.2, 0.25) is 5.02 Å². The molecule has 17 heavy (non-hydrogen) atoms. The van der Waals surface area contributed by atoms with Crippen LogP contribution in [0.3, 0.4) is 0 Å². The molecular weight excluding hydrogens is 263 g/mol. The summed E-state index contributed by atoms with van der Waals surface area (Å²) >= 11 is 5.95. The van der Waals surface area contributed by atoms with Crippen LogP contribution in [0, 0.1) is 6.92 Å². The number of hydrogen-bond donors (Lipinski definition) is 2. The van der Waals surface area contributed by atoms with Crippen LogP contribution in [0.1, 0.15) is 12.5 Å². The monoisotopic (exact) mass is 278 g/mol. The van der Waals surface area contributed by atoms with E-state index in [0.717, 1.165) is 5.56 Å². The number of halogens is 2. The molecule has 4 nitrogen and oxygen atoms in total. The summed E-state index contributed by atoms with van der Waals surface area (Å²) in [6, 6.07) is 2.84. The third-order valence-corrected chi connectivity index (χ3v) is 2.56. The predicted molar refractivity (Wildman–Crippen MR) is 72.3 cm³/mol. The summed E-state index contributed by atoms with van der Waals surface area (Å²) in [4.78, 5) is 11.5. The molecular formula is C11H16Cl2N2O2. The Morgan fingerprint density at radius 2 is 2.12 bits per heavy atom. The van der Waals surface area contributed by atoms with Crippen molar-refractivity contribution >= 4 is 35.6 Å². The highest BCUT2D eigenvalue weighted by Gasteiger charge is 2.12. The van der Waals surface area contributed by atoms with Gasteiger partial charge in [-0.2, -0.15) is 0 Å². The fraction of sp³-hybridized carbons (Fsp3) is 0.364. The molecule has 6 heteroatoms. The van der Waals surface area contributed by atoms with Crippen LogP contribution in [-0.4, -0.2) is 19.1 Å². The van der Waals surface area contributed by atoms with E-state index in [1.54, 1.807) is 19.1 Å². The Morgan fingerprint density at radius 1 is 1.53 bits per heavy atom. The quantitative estimate of drug-likeness (QED) is 0.892. The number of hydrogen-bond acceptors (Lipinski definition) is 3. The van der Waals surface area contributed by atoms with Gasteiger partial charge < -0.3 is 15.8 Å². The summed E-state index contributed by atoms with van der Waals surface area (Å²) in [7, 11) is 1.52. The van der Waals surface area contributed by atoms with Crippen molar-refractivity contribution in [2.75, 3.05) is 12.4 Å². The lowest BCUT2D eigenvalue weighted by molar-refractivity contribution is -0.117. The minimum Gasteiger partial charge on any atom is -0.495 e. The Kier molecular flexibility index (Phi) is 6.31. The van der Waals surface area contributed by atoms with Gasteiger partial charge in [0.15, 0.2) is 0 Å². The number of carbonyl (C=O) groups excluding carboxylic acids is 1. The summed E-state index contributed by atoms with van der Waals surface area (Å²) in [5.74, 6) is 0.254. The molecule has 1 unspecified atom stereocenters. The number of nitrogens with one attached hydrogen (secondary N) is 1. The second-order valence-corrected chi connectivity index (χ2v) is 3.99. The number of amides is 1. The molecule has 1 aromatic rings. The van der Waals surface area contributed by atoms with Gasteiger partial charge in [0.05, 0.1) is 18.8 Å². The van der Waals surface area contributed by atoms with E-state index in [-0.39, 0.29) is 18.3 Å². The lowest BCUT2D eigenvalue weighted by atomic mass is 10.2. The van der Waals surface area contributed by atoms with Gasteiger partial charge in [-0.05, 0) is 25.5 Å². The van der Waals surface area contributed by atoms with E-state index < -0.39 is 6.04 Å². The van der Waals surface area contributed by atoms with Crippen molar-refractivity contribution in [3.05, 3.63) is 22.7 Å². The van der Waals surface area contributed by atoms with Crippen LogP contribution in [0.4, 0.5) is 5.69 Å². The molecule has 1 aromatic carbocycles. The van der Waals surface area contributed by atoms with Crippen LogP contribution in [-0.2, 0) is 4.79 Å². The second kappa shape index (κ2) is 6.69. The Morgan fingerprint density at radius 3 is 2.59 bits per heavy atom. The summed E-state index contributed by atoms with van der Waals surface area (Å²) in [5.41, 5.74) is 6.90. The van der Waals surface area contributed by atoms with Gasteiger partial charge in [-0.3, -0.25) is 4.79 Å². The van der Waals surface area contributed by atoms with Crippen molar-refractivity contribution in [1.82, 2.24) is 0 Å². The van der Waals surface area contributed by atoms with Crippen molar-refractivity contribution in [3.8, 4) is 5.75 Å². The van der Waals surface area contributed by atoms with Crippen molar-refractivity contribution < 1.29 is 9.53 Å². The van der Waals surface area contributed by atoms with E-state index in [1.165, 1.54) is 7.11 Å². The number of anilines is 1. The van der Waals surface area contributed by atoms with Crippen molar-refractivity contribution in [1.29, 1.82) is 0 Å². The van der Waals surface area contributed by atoms with E-state index in [9.17, 15) is 4.79 Å². The Hall–Kier alpha value is -0.970. The lowest BCUT2D eigenvalue weighted by Gasteiger charge is -2.13. The summed E-state index contributed by atoms with van der Waals surface area (Å²) in [6.45, 7) is 3.47. The molecule has 0 fully saturated rings. The summed E-state index contributed by atoms with van der Waals surface area (Å²) < 4.78 is 5.12. The molecule has 0 radical (unpaired) electrons. The number of methoxy groups -OCH3 is 1. The zero-order valence-electron chi connectivity index (χ0n) is 9.91. The fourth-order valence-corrected chi connectivity index (χ4v) is 1.33. The number of benzene rings is 1. The first-order valence-electron chi connectivity index (χ1n) is 4.86. The lowest BCUT2D eigenvalue weighted by Crippen LogP contribution is -2.32. The number of aryl methyl sites for hydroxylation is 1. The normalized spacial score (nSPS) is 11.4. The zero-order valence-corrected chi connectivity index (χ0v) is 11.5. The van der Waals surface area contributed by atoms with Gasteiger partial charge in [0.25, 0.3) is 0 Å². The average Bonchev–Trinajstić information content (AvgIpc) is 2.22. The number of carbonyl (C=O) groups is 1. The molecule has 96 valence electrons. The topological polar surface area (TPSA) is 64.3 Å². The van der Waals surface area contributed by atoms with E-state index in [2.05, 4.69) is 5.32 Å². The molecule has 0 bridgehead atoms. The molecule has 3 N–H and O–H groups in total.